The second kappa shape index (κ2) is 7.56. The first-order valence-corrected chi connectivity index (χ1v) is 10.4. The molecule has 8 nitrogen and oxygen atoms in total. The third kappa shape index (κ3) is 3.94. The molecule has 0 saturated heterocycles. The van der Waals surface area contributed by atoms with Gasteiger partial charge in [-0.05, 0) is 29.7 Å². The van der Waals surface area contributed by atoms with Crippen LogP contribution in [0, 0.1) is 5.41 Å². The number of fused-ring (bicyclic) bond motifs is 2. The van der Waals surface area contributed by atoms with Gasteiger partial charge in [0.2, 0.25) is 5.91 Å². The van der Waals surface area contributed by atoms with Gasteiger partial charge in [0.15, 0.2) is 5.65 Å². The van der Waals surface area contributed by atoms with Crippen LogP contribution in [0.1, 0.15) is 27.2 Å². The molecule has 5 aromatic rings. The topological polar surface area (TPSA) is 112 Å². The Morgan fingerprint density at radius 1 is 1.03 bits per heavy atom. The van der Waals surface area contributed by atoms with Crippen molar-refractivity contribution in [2.45, 2.75) is 27.2 Å². The molecule has 5 aromatic heterocycles. The van der Waals surface area contributed by atoms with E-state index in [1.54, 1.807) is 31.0 Å². The smallest absolute Gasteiger partial charge is 0.224 e. The predicted molar refractivity (Wildman–Crippen MR) is 125 cm³/mol. The Labute approximate surface area is 184 Å². The summed E-state index contributed by atoms with van der Waals surface area (Å²) >= 11 is 0. The average Bonchev–Trinajstić information content (AvgIpc) is 3.35. The standard InChI is InChI=1S/C24H23N7O/c1-24(2,3)9-21(32)28-17-6-15(10-26-12-17)16-7-18-22(30-31-23(18)27-11-16)19-8-14-4-5-25-13-20(14)29-19/h4-8,10-13,29H,9H2,1-3H3,(H,28,32)(H,27,30,31). The molecule has 1 amide bonds. The number of hydrogen-bond acceptors (Lipinski definition) is 5. The van der Waals surface area contributed by atoms with E-state index in [0.29, 0.717) is 17.8 Å². The maximum absolute atomic E-state index is 12.3. The molecule has 32 heavy (non-hydrogen) atoms. The summed E-state index contributed by atoms with van der Waals surface area (Å²) in [6.07, 6.45) is 9.18. The van der Waals surface area contributed by atoms with Gasteiger partial charge in [0, 0.05) is 46.9 Å². The Bertz CT molecular complexity index is 1410. The fraction of sp³-hybridized carbons (Fsp3) is 0.208. The highest BCUT2D eigenvalue weighted by Gasteiger charge is 2.17. The number of carbonyl (C=O) groups is 1. The number of pyridine rings is 3. The number of H-pyrrole nitrogens is 2. The van der Waals surface area contributed by atoms with Crippen molar-refractivity contribution in [2.75, 3.05) is 5.32 Å². The zero-order valence-electron chi connectivity index (χ0n) is 18.1. The van der Waals surface area contributed by atoms with Gasteiger partial charge in [0.25, 0.3) is 0 Å². The molecule has 0 aromatic carbocycles. The first kappa shape index (κ1) is 19.9. The minimum atomic E-state index is -0.0829. The molecule has 0 radical (unpaired) electrons. The Morgan fingerprint density at radius 2 is 1.88 bits per heavy atom. The maximum atomic E-state index is 12.3. The number of amides is 1. The van der Waals surface area contributed by atoms with E-state index >= 15 is 0 Å². The van der Waals surface area contributed by atoms with Crippen LogP contribution in [0.5, 0.6) is 0 Å². The van der Waals surface area contributed by atoms with E-state index in [1.807, 2.05) is 39.0 Å². The second-order valence-electron chi connectivity index (χ2n) is 9.09. The van der Waals surface area contributed by atoms with Crippen LogP contribution in [0.3, 0.4) is 0 Å². The molecular weight excluding hydrogens is 402 g/mol. The molecule has 0 spiro atoms. The first-order valence-electron chi connectivity index (χ1n) is 10.4. The Morgan fingerprint density at radius 3 is 2.69 bits per heavy atom. The van der Waals surface area contributed by atoms with Crippen molar-refractivity contribution in [3.63, 3.8) is 0 Å². The molecule has 0 bridgehead atoms. The summed E-state index contributed by atoms with van der Waals surface area (Å²) in [7, 11) is 0. The predicted octanol–water partition coefficient (Wildman–Crippen LogP) is 4.94. The number of nitrogens with zero attached hydrogens (tertiary/aromatic N) is 4. The van der Waals surface area contributed by atoms with E-state index in [0.717, 1.165) is 38.8 Å². The number of carbonyl (C=O) groups excluding carboxylic acids is 1. The van der Waals surface area contributed by atoms with Crippen molar-refractivity contribution >= 4 is 33.5 Å². The van der Waals surface area contributed by atoms with Gasteiger partial charge < -0.3 is 10.3 Å². The van der Waals surface area contributed by atoms with Crippen LogP contribution in [0.4, 0.5) is 5.69 Å². The van der Waals surface area contributed by atoms with Crippen molar-refractivity contribution < 1.29 is 4.79 Å². The lowest BCUT2D eigenvalue weighted by molar-refractivity contribution is -0.117. The van der Waals surface area contributed by atoms with Crippen LogP contribution < -0.4 is 5.32 Å². The first-order chi connectivity index (χ1) is 15.4. The molecule has 0 atom stereocenters. The average molecular weight is 425 g/mol. The molecule has 3 N–H and O–H groups in total. The second-order valence-corrected chi connectivity index (χ2v) is 9.09. The molecule has 160 valence electrons. The summed E-state index contributed by atoms with van der Waals surface area (Å²) in [6, 6.07) is 7.96. The van der Waals surface area contributed by atoms with Crippen molar-refractivity contribution in [3.8, 4) is 22.5 Å². The van der Waals surface area contributed by atoms with Crippen molar-refractivity contribution in [2.24, 2.45) is 5.41 Å². The summed E-state index contributed by atoms with van der Waals surface area (Å²) in [5, 5.41) is 12.3. The number of hydrogen-bond donors (Lipinski definition) is 3. The van der Waals surface area contributed by atoms with Gasteiger partial charge in [-0.2, -0.15) is 5.10 Å². The van der Waals surface area contributed by atoms with Gasteiger partial charge in [-0.3, -0.25) is 19.9 Å². The van der Waals surface area contributed by atoms with Gasteiger partial charge in [-0.15, -0.1) is 0 Å². The number of aromatic nitrogens is 6. The largest absolute Gasteiger partial charge is 0.352 e. The van der Waals surface area contributed by atoms with Gasteiger partial charge in [0.1, 0.15) is 0 Å². The molecule has 0 fully saturated rings. The van der Waals surface area contributed by atoms with Crippen molar-refractivity contribution in [1.29, 1.82) is 0 Å². The monoisotopic (exact) mass is 425 g/mol. The molecular formula is C24H23N7O. The number of anilines is 1. The van der Waals surface area contributed by atoms with E-state index in [4.69, 9.17) is 0 Å². The van der Waals surface area contributed by atoms with E-state index < -0.39 is 0 Å². The fourth-order valence-electron chi connectivity index (χ4n) is 3.72. The summed E-state index contributed by atoms with van der Waals surface area (Å²) in [5.41, 5.74) is 5.68. The SMILES string of the molecule is CC(C)(C)CC(=O)Nc1cncc(-c2cnc3n[nH]c(-c4cc5ccncc5[nH]4)c3c2)c1. The molecule has 0 saturated carbocycles. The highest BCUT2D eigenvalue weighted by Crippen LogP contribution is 2.31. The minimum absolute atomic E-state index is 0.0320. The van der Waals surface area contributed by atoms with Crippen LogP contribution in [0.15, 0.2) is 55.2 Å². The van der Waals surface area contributed by atoms with Crippen LogP contribution in [-0.2, 0) is 4.79 Å². The van der Waals surface area contributed by atoms with Gasteiger partial charge in [-0.1, -0.05) is 20.8 Å². The number of aromatic amines is 2. The van der Waals surface area contributed by atoms with E-state index in [1.165, 1.54) is 0 Å². The Kier molecular flexibility index (Phi) is 4.70. The van der Waals surface area contributed by atoms with Gasteiger partial charge >= 0.3 is 0 Å². The molecule has 0 aliphatic heterocycles. The van der Waals surface area contributed by atoms with Crippen LogP contribution in [0.2, 0.25) is 0 Å². The van der Waals surface area contributed by atoms with Crippen molar-refractivity contribution in [3.05, 3.63) is 55.2 Å². The van der Waals surface area contributed by atoms with Gasteiger partial charge in [-0.25, -0.2) is 4.98 Å². The quantitative estimate of drug-likeness (QED) is 0.378. The van der Waals surface area contributed by atoms with Gasteiger partial charge in [0.05, 0.1) is 35.0 Å². The molecule has 0 aliphatic rings. The van der Waals surface area contributed by atoms with Crippen LogP contribution >= 0.6 is 0 Å². The fourth-order valence-corrected chi connectivity index (χ4v) is 3.72. The number of rotatable bonds is 4. The zero-order chi connectivity index (χ0) is 22.3. The zero-order valence-corrected chi connectivity index (χ0v) is 18.1. The summed E-state index contributed by atoms with van der Waals surface area (Å²) < 4.78 is 0. The summed E-state index contributed by atoms with van der Waals surface area (Å²) in [6.45, 7) is 6.11. The molecule has 5 rings (SSSR count). The molecule has 0 unspecified atom stereocenters. The third-order valence-electron chi connectivity index (χ3n) is 5.15. The lowest BCUT2D eigenvalue weighted by atomic mass is 9.92. The minimum Gasteiger partial charge on any atom is -0.352 e. The maximum Gasteiger partial charge on any atom is 0.224 e. The molecule has 5 heterocycles. The molecule has 8 heteroatoms. The highest BCUT2D eigenvalue weighted by atomic mass is 16.1. The van der Waals surface area contributed by atoms with E-state index in [9.17, 15) is 4.79 Å². The lowest BCUT2D eigenvalue weighted by Crippen LogP contribution is -2.19. The van der Waals surface area contributed by atoms with Crippen LogP contribution in [-0.4, -0.2) is 36.0 Å². The van der Waals surface area contributed by atoms with E-state index in [-0.39, 0.29) is 11.3 Å². The normalized spacial score (nSPS) is 11.8. The highest BCUT2D eigenvalue weighted by molar-refractivity contribution is 5.96. The molecule has 0 aliphatic carbocycles. The van der Waals surface area contributed by atoms with Crippen molar-refractivity contribution in [1.82, 2.24) is 30.1 Å². The summed E-state index contributed by atoms with van der Waals surface area (Å²) in [5.74, 6) is -0.0320. The third-order valence-corrected chi connectivity index (χ3v) is 5.15. The Balaban J connectivity index is 1.49. The van der Waals surface area contributed by atoms with E-state index in [2.05, 4.69) is 41.5 Å². The lowest BCUT2D eigenvalue weighted by Gasteiger charge is -2.17. The Hall–Kier alpha value is -4.07. The summed E-state index contributed by atoms with van der Waals surface area (Å²) in [4.78, 5) is 28.7. The number of nitrogens with one attached hydrogen (secondary N) is 3. The van der Waals surface area contributed by atoms with Crippen LogP contribution in [0.25, 0.3) is 44.5 Å².